The van der Waals surface area contributed by atoms with E-state index in [4.69, 9.17) is 4.74 Å². The van der Waals surface area contributed by atoms with Crippen LogP contribution in [0.15, 0.2) is 42.5 Å². The standard InChI is InChI=1S/C24H37N2O3.BrH/c1-22(27)29-20-12-7-5-3-4-6-11-15-24(28)25-16-18-26(2,19-17-25)21-23-13-9-8-10-14-23;/h8-11,13-15H,3-7,12,16-21H2,1-2H3;1H/q+1;/p-1/b15-11+;. The summed E-state index contributed by atoms with van der Waals surface area (Å²) >= 11 is 0. The normalized spacial score (nSPS) is 15.6. The highest BCUT2D eigenvalue weighted by molar-refractivity contribution is 5.87. The maximum absolute atomic E-state index is 12.4. The van der Waals surface area contributed by atoms with Crippen molar-refractivity contribution in [2.75, 3.05) is 39.8 Å². The molecule has 1 fully saturated rings. The summed E-state index contributed by atoms with van der Waals surface area (Å²) in [6.07, 6.45) is 10.1. The summed E-state index contributed by atoms with van der Waals surface area (Å²) < 4.78 is 5.92. The number of amides is 1. The van der Waals surface area contributed by atoms with E-state index >= 15 is 0 Å². The van der Waals surface area contributed by atoms with Gasteiger partial charge in [-0.25, -0.2) is 0 Å². The largest absolute Gasteiger partial charge is 1.00 e. The maximum atomic E-state index is 12.4. The first-order valence-corrected chi connectivity index (χ1v) is 10.9. The molecule has 1 saturated heterocycles. The average Bonchev–Trinajstić information content (AvgIpc) is 2.70. The van der Waals surface area contributed by atoms with Gasteiger partial charge in [0.1, 0.15) is 6.54 Å². The third-order valence-corrected chi connectivity index (χ3v) is 5.62. The molecule has 0 bridgehead atoms. The van der Waals surface area contributed by atoms with E-state index in [1.165, 1.54) is 12.5 Å². The number of benzene rings is 1. The average molecular weight is 481 g/mol. The lowest BCUT2D eigenvalue weighted by atomic mass is 10.1. The van der Waals surface area contributed by atoms with Crippen LogP contribution in [-0.4, -0.2) is 61.1 Å². The molecule has 0 aromatic heterocycles. The summed E-state index contributed by atoms with van der Waals surface area (Å²) in [6, 6.07) is 10.6. The van der Waals surface area contributed by atoms with Gasteiger partial charge in [0.25, 0.3) is 0 Å². The minimum absolute atomic E-state index is 0. The Morgan fingerprint density at radius 1 is 1.03 bits per heavy atom. The Hall–Kier alpha value is -1.66. The number of hydrogen-bond acceptors (Lipinski definition) is 3. The number of likely N-dealkylation sites (N-methyl/N-ethyl adjacent to an activating group) is 1. The molecule has 1 aromatic rings. The topological polar surface area (TPSA) is 46.6 Å². The molecule has 1 aliphatic rings. The van der Waals surface area contributed by atoms with E-state index in [0.717, 1.165) is 75.7 Å². The number of halogens is 1. The minimum atomic E-state index is -0.201. The first-order valence-electron chi connectivity index (χ1n) is 10.9. The summed E-state index contributed by atoms with van der Waals surface area (Å²) in [7, 11) is 2.29. The molecule has 0 unspecified atom stereocenters. The number of nitrogens with zero attached hydrogens (tertiary/aromatic N) is 2. The summed E-state index contributed by atoms with van der Waals surface area (Å²) in [4.78, 5) is 25.1. The van der Waals surface area contributed by atoms with Crippen LogP contribution in [0, 0.1) is 0 Å². The van der Waals surface area contributed by atoms with Gasteiger partial charge < -0.3 is 31.1 Å². The van der Waals surface area contributed by atoms with E-state index in [9.17, 15) is 9.59 Å². The molecule has 0 aliphatic carbocycles. The lowest BCUT2D eigenvalue weighted by Gasteiger charge is -2.41. The van der Waals surface area contributed by atoms with Crippen molar-refractivity contribution < 1.29 is 35.8 Å². The lowest BCUT2D eigenvalue weighted by molar-refractivity contribution is -0.926. The number of hydrogen-bond donors (Lipinski definition) is 0. The summed E-state index contributed by atoms with van der Waals surface area (Å²) in [5.41, 5.74) is 1.36. The molecular weight excluding hydrogens is 444 g/mol. The Balaban J connectivity index is 0.00000450. The maximum Gasteiger partial charge on any atom is 0.302 e. The van der Waals surface area contributed by atoms with Crippen LogP contribution in [0.1, 0.15) is 51.0 Å². The second-order valence-corrected chi connectivity index (χ2v) is 8.33. The lowest BCUT2D eigenvalue weighted by Crippen LogP contribution is -3.00. The van der Waals surface area contributed by atoms with Crippen molar-refractivity contribution in [2.45, 2.75) is 52.0 Å². The zero-order valence-corrected chi connectivity index (χ0v) is 20.1. The van der Waals surface area contributed by atoms with Gasteiger partial charge in [-0.3, -0.25) is 9.59 Å². The highest BCUT2D eigenvalue weighted by Crippen LogP contribution is 2.16. The van der Waals surface area contributed by atoms with Crippen molar-refractivity contribution >= 4 is 11.9 Å². The van der Waals surface area contributed by atoms with Crippen LogP contribution >= 0.6 is 0 Å². The minimum Gasteiger partial charge on any atom is -1.00 e. The number of quaternary nitrogens is 1. The van der Waals surface area contributed by atoms with E-state index in [1.807, 2.05) is 11.0 Å². The molecular formula is C24H37BrN2O3. The summed E-state index contributed by atoms with van der Waals surface area (Å²) in [5, 5.41) is 0. The number of rotatable bonds is 11. The quantitative estimate of drug-likeness (QED) is 0.205. The Kier molecular flexibility index (Phi) is 12.6. The Bertz CT molecular complexity index is 656. The molecule has 6 heteroatoms. The first kappa shape index (κ1) is 26.4. The van der Waals surface area contributed by atoms with Gasteiger partial charge in [0, 0.05) is 12.5 Å². The van der Waals surface area contributed by atoms with Gasteiger partial charge in [-0.2, -0.15) is 0 Å². The van der Waals surface area contributed by atoms with Crippen LogP contribution in [-0.2, 0) is 20.9 Å². The van der Waals surface area contributed by atoms with Gasteiger partial charge in [0.2, 0.25) is 5.91 Å². The van der Waals surface area contributed by atoms with E-state index in [-0.39, 0.29) is 28.9 Å². The van der Waals surface area contributed by atoms with Crippen LogP contribution in [0.2, 0.25) is 0 Å². The third-order valence-electron chi connectivity index (χ3n) is 5.62. The van der Waals surface area contributed by atoms with Gasteiger partial charge in [0.05, 0.1) is 39.8 Å². The number of unbranched alkanes of at least 4 members (excludes halogenated alkanes) is 5. The molecule has 1 heterocycles. The predicted octanol–water partition coefficient (Wildman–Crippen LogP) is 0.939. The van der Waals surface area contributed by atoms with Gasteiger partial charge in [-0.05, 0) is 25.3 Å². The molecule has 1 aliphatic heterocycles. The van der Waals surface area contributed by atoms with Crippen molar-refractivity contribution in [1.29, 1.82) is 0 Å². The molecule has 1 aromatic carbocycles. The van der Waals surface area contributed by atoms with Crippen molar-refractivity contribution in [2.24, 2.45) is 0 Å². The molecule has 0 saturated carbocycles. The molecule has 0 spiro atoms. The fourth-order valence-electron chi connectivity index (χ4n) is 3.75. The molecule has 0 radical (unpaired) electrons. The fraction of sp³-hybridized carbons (Fsp3) is 0.583. The molecule has 1 amide bonds. The zero-order chi connectivity index (χ0) is 21.0. The van der Waals surface area contributed by atoms with Gasteiger partial charge >= 0.3 is 5.97 Å². The number of allylic oxidation sites excluding steroid dienone is 1. The van der Waals surface area contributed by atoms with E-state index in [0.29, 0.717) is 6.61 Å². The molecule has 5 nitrogen and oxygen atoms in total. The first-order chi connectivity index (χ1) is 14.0. The Morgan fingerprint density at radius 3 is 2.33 bits per heavy atom. The van der Waals surface area contributed by atoms with Crippen LogP contribution < -0.4 is 17.0 Å². The van der Waals surface area contributed by atoms with Gasteiger partial charge in [-0.15, -0.1) is 0 Å². The highest BCUT2D eigenvalue weighted by atomic mass is 79.9. The van der Waals surface area contributed by atoms with Crippen LogP contribution in [0.4, 0.5) is 0 Å². The van der Waals surface area contributed by atoms with Crippen LogP contribution in [0.3, 0.4) is 0 Å². The number of ether oxygens (including phenoxy) is 1. The third kappa shape index (κ3) is 10.4. The predicted molar refractivity (Wildman–Crippen MR) is 116 cm³/mol. The summed E-state index contributed by atoms with van der Waals surface area (Å²) in [6.45, 7) is 6.66. The Labute approximate surface area is 192 Å². The van der Waals surface area contributed by atoms with Crippen molar-refractivity contribution in [3.63, 3.8) is 0 Å². The van der Waals surface area contributed by atoms with Crippen LogP contribution in [0.25, 0.3) is 0 Å². The molecule has 0 N–H and O–H groups in total. The highest BCUT2D eigenvalue weighted by Gasteiger charge is 2.30. The number of carbonyl (C=O) groups is 2. The van der Waals surface area contributed by atoms with E-state index in [2.05, 4.69) is 37.4 Å². The smallest absolute Gasteiger partial charge is 0.302 e. The number of piperazine rings is 1. The second-order valence-electron chi connectivity index (χ2n) is 8.33. The zero-order valence-electron chi connectivity index (χ0n) is 18.5. The van der Waals surface area contributed by atoms with Crippen molar-refractivity contribution in [3.8, 4) is 0 Å². The van der Waals surface area contributed by atoms with Gasteiger partial charge in [0.15, 0.2) is 0 Å². The molecule has 168 valence electrons. The molecule has 0 atom stereocenters. The van der Waals surface area contributed by atoms with E-state index < -0.39 is 0 Å². The van der Waals surface area contributed by atoms with Crippen LogP contribution in [0.5, 0.6) is 0 Å². The molecule has 2 rings (SSSR count). The number of esters is 1. The molecule has 30 heavy (non-hydrogen) atoms. The van der Waals surface area contributed by atoms with Gasteiger partial charge in [-0.1, -0.05) is 55.7 Å². The number of carbonyl (C=O) groups excluding carboxylic acids is 2. The monoisotopic (exact) mass is 480 g/mol. The van der Waals surface area contributed by atoms with E-state index in [1.54, 1.807) is 6.08 Å². The summed E-state index contributed by atoms with van der Waals surface area (Å²) in [5.74, 6) is -0.0504. The van der Waals surface area contributed by atoms with Crippen molar-refractivity contribution in [1.82, 2.24) is 4.90 Å². The Morgan fingerprint density at radius 2 is 1.67 bits per heavy atom. The second kappa shape index (κ2) is 14.4. The SMILES string of the molecule is CC(=O)OCCCCCCC/C=C/C(=O)N1CC[N+](C)(Cc2ccccc2)CC1.[Br-]. The fourth-order valence-corrected chi connectivity index (χ4v) is 3.75. The van der Waals surface area contributed by atoms with Crippen molar-refractivity contribution in [3.05, 3.63) is 48.0 Å².